The van der Waals surface area contributed by atoms with Crippen LogP contribution in [0.15, 0.2) is 51.8 Å². The van der Waals surface area contributed by atoms with E-state index in [0.29, 0.717) is 54.8 Å². The molecule has 1 saturated heterocycles. The number of benzene rings is 2. The highest BCUT2D eigenvalue weighted by Gasteiger charge is 2.34. The van der Waals surface area contributed by atoms with E-state index < -0.39 is 10.0 Å². The molecule has 172 valence electrons. The molecule has 0 atom stereocenters. The van der Waals surface area contributed by atoms with Gasteiger partial charge < -0.3 is 19.4 Å². The number of fused-ring (bicyclic) bond motifs is 3. The van der Waals surface area contributed by atoms with Crippen molar-refractivity contribution < 1.29 is 22.7 Å². The van der Waals surface area contributed by atoms with Gasteiger partial charge in [0, 0.05) is 48.7 Å². The lowest BCUT2D eigenvalue weighted by atomic mass is 10.1. The quantitative estimate of drug-likeness (QED) is 0.653. The first-order valence-electron chi connectivity index (χ1n) is 10.5. The van der Waals surface area contributed by atoms with Gasteiger partial charge in [-0.15, -0.1) is 4.40 Å². The van der Waals surface area contributed by atoms with Crippen molar-refractivity contribution in [2.45, 2.75) is 4.90 Å². The molecule has 0 radical (unpaired) electrons. The molecular weight excluding hydrogens is 464 g/mol. The average molecular weight is 487 g/mol. The summed E-state index contributed by atoms with van der Waals surface area (Å²) in [6.07, 6.45) is 0. The number of anilines is 1. The second-order valence-electron chi connectivity index (χ2n) is 7.91. The first kappa shape index (κ1) is 21.8. The van der Waals surface area contributed by atoms with Gasteiger partial charge in [-0.1, -0.05) is 6.07 Å². The molecule has 0 aromatic heterocycles. The van der Waals surface area contributed by atoms with Crippen molar-refractivity contribution in [2.75, 3.05) is 50.5 Å². The molecule has 0 unspecified atom stereocenters. The Morgan fingerprint density at radius 2 is 1.61 bits per heavy atom. The number of hydrogen-bond donors (Lipinski definition) is 0. The zero-order valence-corrected chi connectivity index (χ0v) is 19.6. The van der Waals surface area contributed by atoms with Gasteiger partial charge in [-0.05, 0) is 48.2 Å². The van der Waals surface area contributed by atoms with Gasteiger partial charge in [-0.2, -0.15) is 0 Å². The Kier molecular flexibility index (Phi) is 5.53. The van der Waals surface area contributed by atoms with Crippen LogP contribution in [0.1, 0.15) is 20.7 Å². The molecule has 2 amide bonds. The highest BCUT2D eigenvalue weighted by Crippen LogP contribution is 2.42. The first-order chi connectivity index (χ1) is 15.8. The summed E-state index contributed by atoms with van der Waals surface area (Å²) in [5.41, 5.74) is 1.97. The smallest absolute Gasteiger partial charge is 0.257 e. The third-order valence-corrected chi connectivity index (χ3v) is 8.20. The summed E-state index contributed by atoms with van der Waals surface area (Å²) in [6.45, 7) is 2.14. The molecule has 33 heavy (non-hydrogen) atoms. The van der Waals surface area contributed by atoms with Crippen LogP contribution in [0.5, 0.6) is 5.75 Å². The van der Waals surface area contributed by atoms with Crippen molar-refractivity contribution >= 4 is 44.5 Å². The molecule has 0 saturated carbocycles. The molecule has 2 aromatic rings. The summed E-state index contributed by atoms with van der Waals surface area (Å²) in [6, 6.07) is 12.5. The molecule has 3 aliphatic heterocycles. The van der Waals surface area contributed by atoms with Crippen molar-refractivity contribution in [3.8, 4) is 5.75 Å². The van der Waals surface area contributed by atoms with E-state index in [1.807, 2.05) is 11.0 Å². The van der Waals surface area contributed by atoms with Gasteiger partial charge in [0.1, 0.15) is 5.75 Å². The van der Waals surface area contributed by atoms with Gasteiger partial charge in [-0.25, -0.2) is 8.42 Å². The molecule has 0 bridgehead atoms. The predicted molar refractivity (Wildman–Crippen MR) is 126 cm³/mol. The Morgan fingerprint density at radius 3 is 2.27 bits per heavy atom. The molecule has 0 spiro atoms. The van der Waals surface area contributed by atoms with E-state index in [2.05, 4.69) is 4.40 Å². The molecule has 3 heterocycles. The normalized spacial score (nSPS) is 18.9. The number of ether oxygens (including phenoxy) is 1. The Labute approximate surface area is 196 Å². The molecule has 9 nitrogen and oxygen atoms in total. The maximum atomic E-state index is 13.1. The van der Waals surface area contributed by atoms with Gasteiger partial charge in [0.15, 0.2) is 5.17 Å². The van der Waals surface area contributed by atoms with Crippen molar-refractivity contribution in [3.63, 3.8) is 0 Å². The van der Waals surface area contributed by atoms with Crippen LogP contribution < -0.4 is 9.64 Å². The zero-order chi connectivity index (χ0) is 23.2. The summed E-state index contributed by atoms with van der Waals surface area (Å²) in [4.78, 5) is 32.1. The van der Waals surface area contributed by atoms with Gasteiger partial charge in [0.25, 0.3) is 21.8 Å². The van der Waals surface area contributed by atoms with E-state index in [4.69, 9.17) is 4.74 Å². The fourth-order valence-corrected chi connectivity index (χ4v) is 6.39. The highest BCUT2D eigenvalue weighted by molar-refractivity contribution is 8.15. The van der Waals surface area contributed by atoms with Crippen molar-refractivity contribution in [3.05, 3.63) is 53.6 Å². The summed E-state index contributed by atoms with van der Waals surface area (Å²) in [5, 5.41) is 0.436. The van der Waals surface area contributed by atoms with E-state index >= 15 is 0 Å². The lowest BCUT2D eigenvalue weighted by molar-refractivity contribution is 0.0535. The van der Waals surface area contributed by atoms with E-state index in [1.54, 1.807) is 53.3 Å². The Bertz CT molecular complexity index is 1270. The van der Waals surface area contributed by atoms with Crippen LogP contribution in [0.2, 0.25) is 0 Å². The van der Waals surface area contributed by atoms with Gasteiger partial charge >= 0.3 is 0 Å². The number of amides is 2. The van der Waals surface area contributed by atoms with Crippen LogP contribution >= 0.6 is 11.8 Å². The second-order valence-corrected chi connectivity index (χ2v) is 10.7. The summed E-state index contributed by atoms with van der Waals surface area (Å²) >= 11 is 1.27. The van der Waals surface area contributed by atoms with E-state index in [1.165, 1.54) is 11.8 Å². The minimum Gasteiger partial charge on any atom is -0.497 e. The molecule has 2 aromatic carbocycles. The Morgan fingerprint density at radius 1 is 0.939 bits per heavy atom. The molecular formula is C22H22N4O5S2. The zero-order valence-electron chi connectivity index (χ0n) is 17.9. The lowest BCUT2D eigenvalue weighted by Crippen LogP contribution is -2.50. The lowest BCUT2D eigenvalue weighted by Gasteiger charge is -2.35. The number of sulfonamides is 1. The number of carbonyl (C=O) groups is 2. The van der Waals surface area contributed by atoms with Crippen LogP contribution in [-0.2, 0) is 10.0 Å². The van der Waals surface area contributed by atoms with Crippen LogP contribution in [0.3, 0.4) is 0 Å². The SMILES string of the molecule is COc1cccc(C(=O)N2CCN(C(=O)c3ccc4c(c3)SC3=NS(=O)(=O)CCN34)CC2)c1. The first-order valence-corrected chi connectivity index (χ1v) is 12.9. The highest BCUT2D eigenvalue weighted by atomic mass is 32.2. The molecule has 11 heteroatoms. The Hall–Kier alpha value is -3.05. The second kappa shape index (κ2) is 8.38. The van der Waals surface area contributed by atoms with E-state index in [9.17, 15) is 18.0 Å². The number of rotatable bonds is 3. The number of carbonyl (C=O) groups excluding carboxylic acids is 2. The predicted octanol–water partition coefficient (Wildman–Crippen LogP) is 1.90. The molecule has 1 fully saturated rings. The third-order valence-electron chi connectivity index (χ3n) is 5.89. The van der Waals surface area contributed by atoms with Crippen LogP contribution in [0, 0.1) is 0 Å². The summed E-state index contributed by atoms with van der Waals surface area (Å²) < 4.78 is 32.7. The topological polar surface area (TPSA) is 99.6 Å². The van der Waals surface area contributed by atoms with Crippen molar-refractivity contribution in [1.82, 2.24) is 9.80 Å². The minimum atomic E-state index is -3.42. The van der Waals surface area contributed by atoms with E-state index in [-0.39, 0.29) is 17.6 Å². The number of amidine groups is 1. The Balaban J connectivity index is 1.25. The largest absolute Gasteiger partial charge is 0.497 e. The standard InChI is InChI=1S/C22H22N4O5S2/c1-31-17-4-2-3-15(13-17)20(27)24-7-9-25(10-8-24)21(28)16-5-6-18-19(14-16)32-22-23-33(29,30)12-11-26(18)22/h2-6,13-14H,7-12H2,1H3. The molecule has 5 rings (SSSR count). The number of methoxy groups -OCH3 is 1. The van der Waals surface area contributed by atoms with E-state index in [0.717, 1.165) is 10.6 Å². The van der Waals surface area contributed by atoms with Crippen LogP contribution in [-0.4, -0.2) is 80.8 Å². The fraction of sp³-hybridized carbons (Fsp3) is 0.318. The van der Waals surface area contributed by atoms with Crippen molar-refractivity contribution in [1.29, 1.82) is 0 Å². The van der Waals surface area contributed by atoms with Crippen molar-refractivity contribution in [2.24, 2.45) is 4.40 Å². The number of hydrogen-bond acceptors (Lipinski definition) is 7. The maximum absolute atomic E-state index is 13.1. The number of thioether (sulfide) groups is 1. The average Bonchev–Trinajstić information content (AvgIpc) is 3.18. The monoisotopic (exact) mass is 486 g/mol. The minimum absolute atomic E-state index is 0.0179. The third kappa shape index (κ3) is 4.18. The van der Waals surface area contributed by atoms with Gasteiger partial charge in [0.2, 0.25) is 0 Å². The molecule has 3 aliphatic rings. The molecule has 0 aliphatic carbocycles. The summed E-state index contributed by atoms with van der Waals surface area (Å²) in [7, 11) is -1.86. The van der Waals surface area contributed by atoms with Gasteiger partial charge in [-0.3, -0.25) is 9.59 Å². The fourth-order valence-electron chi connectivity index (χ4n) is 4.10. The maximum Gasteiger partial charge on any atom is 0.257 e. The van der Waals surface area contributed by atoms with Gasteiger partial charge in [0.05, 0.1) is 18.6 Å². The number of nitrogens with zero attached hydrogens (tertiary/aromatic N) is 4. The summed E-state index contributed by atoms with van der Waals surface area (Å²) in [5.74, 6) is 0.424. The molecule has 0 N–H and O–H groups in total. The number of piperazine rings is 1. The van der Waals surface area contributed by atoms with Crippen LogP contribution in [0.4, 0.5) is 5.69 Å². The van der Waals surface area contributed by atoms with Crippen LogP contribution in [0.25, 0.3) is 0 Å².